The summed E-state index contributed by atoms with van der Waals surface area (Å²) < 4.78 is 5.13. The lowest BCUT2D eigenvalue weighted by Crippen LogP contribution is -2.47. The quantitative estimate of drug-likeness (QED) is 0.0868. The summed E-state index contributed by atoms with van der Waals surface area (Å²) in [6.07, 6.45) is 0.422. The van der Waals surface area contributed by atoms with Gasteiger partial charge in [-0.3, -0.25) is 9.59 Å². The molecule has 14 nitrogen and oxygen atoms in total. The minimum Gasteiger partial charge on any atom is -0.444 e. The average molecular weight is 445 g/mol. The summed E-state index contributed by atoms with van der Waals surface area (Å²) in [5, 5.41) is 23.9. The number of nitrogens with two attached hydrogens (primary N) is 1. The van der Waals surface area contributed by atoms with Crippen LogP contribution in [0.1, 0.15) is 40.0 Å². The summed E-state index contributed by atoms with van der Waals surface area (Å²) >= 11 is 0. The molecule has 2 unspecified atom stereocenters. The molecule has 14 heteroatoms. The number of aliphatic hydroxyl groups is 1. The van der Waals surface area contributed by atoms with Gasteiger partial charge in [-0.2, -0.15) is 0 Å². The number of nitro groups is 1. The predicted octanol–water partition coefficient (Wildman–Crippen LogP) is -1.53. The first kappa shape index (κ1) is 25.9. The molecule has 176 valence electrons. The smallest absolute Gasteiger partial charge is 0.408 e. The Balaban J connectivity index is 2.40. The maximum absolute atomic E-state index is 12.4. The molecule has 0 aromatic carbocycles. The van der Waals surface area contributed by atoms with E-state index in [1.807, 2.05) is 0 Å². The number of hydrogen-bond acceptors (Lipinski definition) is 8. The van der Waals surface area contributed by atoms with Crippen LogP contribution in [0.3, 0.4) is 0 Å². The molecule has 1 fully saturated rings. The van der Waals surface area contributed by atoms with E-state index < -0.39 is 34.7 Å². The SMILES string of the molecule is CC(C)(C)OC(=O)NC1CCN(CC(=O)NC(CO)CCCN=C(N)N[N+](=O)[O-])C1=O. The molecule has 0 saturated carbocycles. The molecule has 0 radical (unpaired) electrons. The van der Waals surface area contributed by atoms with E-state index in [1.165, 1.54) is 4.90 Å². The third-order valence-corrected chi connectivity index (χ3v) is 4.11. The number of carbonyl (C=O) groups is 3. The maximum Gasteiger partial charge on any atom is 0.408 e. The molecular weight excluding hydrogens is 414 g/mol. The van der Waals surface area contributed by atoms with Gasteiger partial charge >= 0.3 is 6.09 Å². The lowest BCUT2D eigenvalue weighted by Gasteiger charge is -2.22. The van der Waals surface area contributed by atoms with Crippen LogP contribution in [-0.4, -0.2) is 82.8 Å². The Bertz CT molecular complexity index is 693. The Morgan fingerprint density at radius 2 is 2.13 bits per heavy atom. The molecule has 6 N–H and O–H groups in total. The lowest BCUT2D eigenvalue weighted by molar-refractivity contribution is -0.525. The predicted molar refractivity (Wildman–Crippen MR) is 109 cm³/mol. The second-order valence-electron chi connectivity index (χ2n) is 7.97. The largest absolute Gasteiger partial charge is 0.444 e. The van der Waals surface area contributed by atoms with Crippen LogP contribution in [0.4, 0.5) is 4.79 Å². The summed E-state index contributed by atoms with van der Waals surface area (Å²) in [6.45, 7) is 5.07. The Morgan fingerprint density at radius 1 is 1.45 bits per heavy atom. The lowest BCUT2D eigenvalue weighted by atomic mass is 10.1. The first-order valence-electron chi connectivity index (χ1n) is 9.80. The van der Waals surface area contributed by atoms with Gasteiger partial charge in [0.15, 0.2) is 5.03 Å². The zero-order chi connectivity index (χ0) is 23.6. The highest BCUT2D eigenvalue weighted by molar-refractivity contribution is 5.91. The molecule has 0 aromatic heterocycles. The van der Waals surface area contributed by atoms with Gasteiger partial charge in [-0.05, 0) is 40.0 Å². The van der Waals surface area contributed by atoms with Crippen molar-refractivity contribution < 1.29 is 29.3 Å². The number of aliphatic imine (C=N–C) groups is 1. The monoisotopic (exact) mass is 445 g/mol. The fourth-order valence-electron chi connectivity index (χ4n) is 2.80. The topological polar surface area (TPSA) is 202 Å². The summed E-state index contributed by atoms with van der Waals surface area (Å²) in [7, 11) is 0. The van der Waals surface area contributed by atoms with Crippen molar-refractivity contribution in [1.82, 2.24) is 21.0 Å². The first-order valence-corrected chi connectivity index (χ1v) is 9.80. The number of guanidine groups is 1. The molecule has 3 amide bonds. The van der Waals surface area contributed by atoms with Crippen LogP contribution in [0.25, 0.3) is 0 Å². The number of ether oxygens (including phenoxy) is 1. The highest BCUT2D eigenvalue weighted by Gasteiger charge is 2.34. The number of aliphatic hydroxyl groups excluding tert-OH is 1. The van der Waals surface area contributed by atoms with Crippen molar-refractivity contribution in [2.75, 3.05) is 26.2 Å². The van der Waals surface area contributed by atoms with E-state index in [0.717, 1.165) is 0 Å². The average Bonchev–Trinajstić information content (AvgIpc) is 2.95. The fourth-order valence-corrected chi connectivity index (χ4v) is 2.80. The number of hydrogen-bond donors (Lipinski definition) is 5. The van der Waals surface area contributed by atoms with Crippen LogP contribution in [0.5, 0.6) is 0 Å². The molecular formula is C17H31N7O7. The van der Waals surface area contributed by atoms with Crippen molar-refractivity contribution in [3.05, 3.63) is 10.1 Å². The molecule has 0 bridgehead atoms. The molecule has 1 rings (SSSR count). The van der Waals surface area contributed by atoms with E-state index >= 15 is 0 Å². The first-order chi connectivity index (χ1) is 14.4. The van der Waals surface area contributed by atoms with Crippen molar-refractivity contribution in [1.29, 1.82) is 0 Å². The van der Waals surface area contributed by atoms with Gasteiger partial charge in [0.2, 0.25) is 11.8 Å². The molecule has 31 heavy (non-hydrogen) atoms. The van der Waals surface area contributed by atoms with Gasteiger partial charge in [0, 0.05) is 13.1 Å². The highest BCUT2D eigenvalue weighted by Crippen LogP contribution is 2.13. The van der Waals surface area contributed by atoms with Crippen molar-refractivity contribution in [2.24, 2.45) is 10.7 Å². The van der Waals surface area contributed by atoms with Gasteiger partial charge in [0.1, 0.15) is 11.6 Å². The Kier molecular flexibility index (Phi) is 9.92. The van der Waals surface area contributed by atoms with Crippen molar-refractivity contribution in [2.45, 2.75) is 57.7 Å². The van der Waals surface area contributed by atoms with Crippen LogP contribution in [0, 0.1) is 10.1 Å². The number of hydrazine groups is 1. The van der Waals surface area contributed by atoms with Crippen LogP contribution in [-0.2, 0) is 14.3 Å². The molecule has 2 atom stereocenters. The van der Waals surface area contributed by atoms with Gasteiger partial charge in [-0.1, -0.05) is 5.43 Å². The highest BCUT2D eigenvalue weighted by atomic mass is 16.7. The van der Waals surface area contributed by atoms with Gasteiger partial charge in [-0.15, -0.1) is 0 Å². The summed E-state index contributed by atoms with van der Waals surface area (Å²) in [4.78, 5) is 51.7. The molecule has 1 heterocycles. The van der Waals surface area contributed by atoms with Crippen molar-refractivity contribution >= 4 is 23.9 Å². The number of alkyl carbamates (subject to hydrolysis) is 1. The standard InChI is InChI=1S/C17H31N7O7/c1-17(2,3)31-16(28)21-12-6-8-23(14(12)27)9-13(26)20-11(10-25)5-4-7-19-15(18)22-24(29)30/h11-12,25H,4-10H2,1-3H3,(H,20,26)(H,21,28)(H3,18,19,22). The van der Waals surface area contributed by atoms with E-state index in [9.17, 15) is 29.6 Å². The zero-order valence-electron chi connectivity index (χ0n) is 17.9. The van der Waals surface area contributed by atoms with Gasteiger partial charge in [-0.25, -0.2) is 19.9 Å². The Morgan fingerprint density at radius 3 is 2.71 bits per heavy atom. The molecule has 0 aromatic rings. The second-order valence-corrected chi connectivity index (χ2v) is 7.97. The van der Waals surface area contributed by atoms with E-state index in [4.69, 9.17) is 10.5 Å². The van der Waals surface area contributed by atoms with Crippen molar-refractivity contribution in [3.63, 3.8) is 0 Å². The number of nitrogens with one attached hydrogen (secondary N) is 3. The number of likely N-dealkylation sites (tertiary alicyclic amines) is 1. The van der Waals surface area contributed by atoms with E-state index in [1.54, 1.807) is 26.2 Å². The van der Waals surface area contributed by atoms with Crippen LogP contribution in [0.15, 0.2) is 4.99 Å². The molecule has 1 aliphatic rings. The summed E-state index contributed by atoms with van der Waals surface area (Å²) in [5.74, 6) is -1.18. The Labute approximate surface area is 179 Å². The van der Waals surface area contributed by atoms with Gasteiger partial charge in [0.25, 0.3) is 5.96 Å². The van der Waals surface area contributed by atoms with E-state index in [-0.39, 0.29) is 31.6 Å². The van der Waals surface area contributed by atoms with Gasteiger partial charge in [0.05, 0.1) is 19.2 Å². The van der Waals surface area contributed by atoms with Crippen LogP contribution in [0.2, 0.25) is 0 Å². The third-order valence-electron chi connectivity index (χ3n) is 4.11. The van der Waals surface area contributed by atoms with E-state index in [0.29, 0.717) is 25.8 Å². The third kappa shape index (κ3) is 10.4. The number of nitrogens with zero attached hydrogens (tertiary/aromatic N) is 3. The molecule has 0 aliphatic carbocycles. The minimum atomic E-state index is -0.831. The van der Waals surface area contributed by atoms with Crippen molar-refractivity contribution in [3.8, 4) is 0 Å². The summed E-state index contributed by atoms with van der Waals surface area (Å²) in [5.41, 5.74) is 6.30. The van der Waals surface area contributed by atoms with Gasteiger partial charge < -0.3 is 31.1 Å². The normalized spacial score (nSPS) is 17.8. The molecule has 1 saturated heterocycles. The minimum absolute atomic E-state index is 0.168. The fraction of sp³-hybridized carbons (Fsp3) is 0.765. The summed E-state index contributed by atoms with van der Waals surface area (Å²) in [6, 6.07) is -1.33. The zero-order valence-corrected chi connectivity index (χ0v) is 17.9. The molecule has 1 aliphatic heterocycles. The molecule has 0 spiro atoms. The second kappa shape index (κ2) is 11.9. The number of amides is 3. The maximum atomic E-state index is 12.4. The number of rotatable bonds is 10. The van der Waals surface area contributed by atoms with Crippen LogP contribution < -0.4 is 21.8 Å². The Hall–Kier alpha value is -3.16. The van der Waals surface area contributed by atoms with E-state index in [2.05, 4.69) is 15.6 Å². The van der Waals surface area contributed by atoms with Crippen LogP contribution >= 0.6 is 0 Å². The number of carbonyl (C=O) groups excluding carboxylic acids is 3.